The van der Waals surface area contributed by atoms with Crippen LogP contribution in [0.2, 0.25) is 0 Å². The third-order valence-corrected chi connectivity index (χ3v) is 3.28. The monoisotopic (exact) mass is 315 g/mol. The molecule has 3 rings (SSSR count). The van der Waals surface area contributed by atoms with Crippen molar-refractivity contribution in [2.45, 2.75) is 6.61 Å². The quantitative estimate of drug-likeness (QED) is 0.649. The summed E-state index contributed by atoms with van der Waals surface area (Å²) < 4.78 is 46.7. The fourth-order valence-electron chi connectivity index (χ4n) is 2.13. The van der Waals surface area contributed by atoms with Crippen molar-refractivity contribution in [1.29, 1.82) is 0 Å². The zero-order valence-electron chi connectivity index (χ0n) is 12.0. The number of pyridine rings is 1. The van der Waals surface area contributed by atoms with Crippen LogP contribution in [0, 0.1) is 17.6 Å². The first-order chi connectivity index (χ1) is 11.1. The average molecular weight is 315 g/mol. The predicted molar refractivity (Wildman–Crippen MR) is 80.3 cm³/mol. The van der Waals surface area contributed by atoms with Crippen molar-refractivity contribution in [3.8, 4) is 17.0 Å². The fourth-order valence-corrected chi connectivity index (χ4v) is 2.13. The molecule has 23 heavy (non-hydrogen) atoms. The first kappa shape index (κ1) is 15.1. The standard InChI is InChI=1S/C18H12F3NO/c19-16-8-4-7-14(22-16)13-9-10-15(18(21)17(13)20)23-11-12-5-2-1-3-6-12/h1-10H,11H2. The van der Waals surface area contributed by atoms with E-state index in [2.05, 4.69) is 4.98 Å². The van der Waals surface area contributed by atoms with Gasteiger partial charge in [-0.3, -0.25) is 0 Å². The van der Waals surface area contributed by atoms with Gasteiger partial charge in [-0.1, -0.05) is 36.4 Å². The first-order valence-corrected chi connectivity index (χ1v) is 6.93. The van der Waals surface area contributed by atoms with Crippen LogP contribution in [0.1, 0.15) is 5.56 Å². The second kappa shape index (κ2) is 6.52. The number of ether oxygens (including phenoxy) is 1. The Bertz CT molecular complexity index is 822. The van der Waals surface area contributed by atoms with Crippen LogP contribution in [0.15, 0.2) is 60.7 Å². The molecule has 0 aliphatic heterocycles. The maximum absolute atomic E-state index is 14.2. The third-order valence-electron chi connectivity index (χ3n) is 3.28. The molecule has 0 aliphatic rings. The Morgan fingerprint density at radius 2 is 1.57 bits per heavy atom. The Kier molecular flexibility index (Phi) is 4.28. The Morgan fingerprint density at radius 3 is 2.30 bits per heavy atom. The summed E-state index contributed by atoms with van der Waals surface area (Å²) in [5.74, 6) is -3.20. The summed E-state index contributed by atoms with van der Waals surface area (Å²) >= 11 is 0. The molecule has 0 radical (unpaired) electrons. The van der Waals surface area contributed by atoms with Gasteiger partial charge in [0.2, 0.25) is 11.8 Å². The van der Waals surface area contributed by atoms with Gasteiger partial charge in [0.05, 0.1) is 5.69 Å². The number of rotatable bonds is 4. The number of hydrogen-bond donors (Lipinski definition) is 0. The van der Waals surface area contributed by atoms with Gasteiger partial charge in [0, 0.05) is 5.56 Å². The molecule has 0 aliphatic carbocycles. The lowest BCUT2D eigenvalue weighted by molar-refractivity contribution is 0.285. The van der Waals surface area contributed by atoms with Gasteiger partial charge < -0.3 is 4.74 Å². The molecule has 0 N–H and O–H groups in total. The van der Waals surface area contributed by atoms with Gasteiger partial charge in [-0.15, -0.1) is 0 Å². The lowest BCUT2D eigenvalue weighted by Gasteiger charge is -2.10. The van der Waals surface area contributed by atoms with Crippen molar-refractivity contribution >= 4 is 0 Å². The average Bonchev–Trinajstić information content (AvgIpc) is 2.57. The molecule has 1 aromatic heterocycles. The molecule has 3 aromatic rings. The van der Waals surface area contributed by atoms with E-state index < -0.39 is 17.6 Å². The van der Waals surface area contributed by atoms with Gasteiger partial charge in [-0.05, 0) is 29.8 Å². The van der Waals surface area contributed by atoms with Crippen molar-refractivity contribution in [3.05, 3.63) is 83.8 Å². The van der Waals surface area contributed by atoms with E-state index in [1.165, 1.54) is 24.3 Å². The van der Waals surface area contributed by atoms with Crippen molar-refractivity contribution in [2.24, 2.45) is 0 Å². The van der Waals surface area contributed by atoms with Crippen LogP contribution < -0.4 is 4.74 Å². The highest BCUT2D eigenvalue weighted by molar-refractivity contribution is 5.61. The van der Waals surface area contributed by atoms with Crippen LogP contribution in [0.3, 0.4) is 0 Å². The Labute approximate surface area is 131 Å². The minimum atomic E-state index is -1.12. The van der Waals surface area contributed by atoms with Crippen molar-refractivity contribution in [3.63, 3.8) is 0 Å². The molecule has 0 bridgehead atoms. The van der Waals surface area contributed by atoms with Crippen molar-refractivity contribution in [1.82, 2.24) is 4.98 Å². The SMILES string of the molecule is Fc1cccc(-c2ccc(OCc3ccccc3)c(F)c2F)n1. The summed E-state index contributed by atoms with van der Waals surface area (Å²) in [7, 11) is 0. The Balaban J connectivity index is 1.86. The van der Waals surface area contributed by atoms with Crippen molar-refractivity contribution < 1.29 is 17.9 Å². The maximum atomic E-state index is 14.2. The van der Waals surface area contributed by atoms with E-state index in [0.717, 1.165) is 11.6 Å². The summed E-state index contributed by atoms with van der Waals surface area (Å²) in [5.41, 5.74) is 0.744. The summed E-state index contributed by atoms with van der Waals surface area (Å²) in [6.07, 6.45) is 0. The molecule has 0 amide bonds. The van der Waals surface area contributed by atoms with Gasteiger partial charge in [-0.2, -0.15) is 8.78 Å². The molecule has 5 heteroatoms. The molecule has 116 valence electrons. The van der Waals surface area contributed by atoms with Crippen LogP contribution >= 0.6 is 0 Å². The summed E-state index contributed by atoms with van der Waals surface area (Å²) in [6.45, 7) is 0.120. The predicted octanol–water partition coefficient (Wildman–Crippen LogP) is 4.74. The summed E-state index contributed by atoms with van der Waals surface area (Å²) in [6, 6.07) is 15.7. The van der Waals surface area contributed by atoms with E-state index in [9.17, 15) is 13.2 Å². The highest BCUT2D eigenvalue weighted by Crippen LogP contribution is 2.29. The number of nitrogens with zero attached hydrogens (tertiary/aromatic N) is 1. The Hall–Kier alpha value is -2.82. The minimum absolute atomic E-state index is 0.0241. The largest absolute Gasteiger partial charge is 0.486 e. The highest BCUT2D eigenvalue weighted by Gasteiger charge is 2.17. The van der Waals surface area contributed by atoms with E-state index in [-0.39, 0.29) is 23.6 Å². The first-order valence-electron chi connectivity index (χ1n) is 6.93. The number of aromatic nitrogens is 1. The normalized spacial score (nSPS) is 10.6. The van der Waals surface area contributed by atoms with E-state index in [0.29, 0.717) is 0 Å². The van der Waals surface area contributed by atoms with E-state index in [1.54, 1.807) is 0 Å². The van der Waals surface area contributed by atoms with E-state index >= 15 is 0 Å². The number of hydrogen-bond acceptors (Lipinski definition) is 2. The second-order valence-electron chi connectivity index (χ2n) is 4.86. The maximum Gasteiger partial charge on any atom is 0.213 e. The lowest BCUT2D eigenvalue weighted by Crippen LogP contribution is -2.00. The molecule has 2 nitrogen and oxygen atoms in total. The second-order valence-corrected chi connectivity index (χ2v) is 4.86. The smallest absolute Gasteiger partial charge is 0.213 e. The zero-order chi connectivity index (χ0) is 16.2. The molecule has 0 spiro atoms. The van der Waals surface area contributed by atoms with Crippen LogP contribution in [0.25, 0.3) is 11.3 Å². The third kappa shape index (κ3) is 3.34. The molecule has 1 heterocycles. The molecule has 2 aromatic carbocycles. The molecule has 0 unspecified atom stereocenters. The molecule has 0 saturated heterocycles. The van der Waals surface area contributed by atoms with Gasteiger partial charge >= 0.3 is 0 Å². The molecule has 0 saturated carbocycles. The van der Waals surface area contributed by atoms with E-state index in [1.807, 2.05) is 30.3 Å². The van der Waals surface area contributed by atoms with Crippen LogP contribution in [-0.2, 0) is 6.61 Å². The lowest BCUT2D eigenvalue weighted by atomic mass is 10.1. The van der Waals surface area contributed by atoms with Gasteiger partial charge in [0.15, 0.2) is 11.6 Å². The summed E-state index contributed by atoms with van der Waals surface area (Å²) in [5, 5.41) is 0. The van der Waals surface area contributed by atoms with E-state index in [4.69, 9.17) is 4.74 Å². The van der Waals surface area contributed by atoms with Crippen LogP contribution in [0.4, 0.5) is 13.2 Å². The number of benzene rings is 2. The highest BCUT2D eigenvalue weighted by atomic mass is 19.2. The van der Waals surface area contributed by atoms with Gasteiger partial charge in [-0.25, -0.2) is 9.37 Å². The Morgan fingerprint density at radius 1 is 0.783 bits per heavy atom. The molecule has 0 atom stereocenters. The molecular formula is C18H12F3NO. The molecular weight excluding hydrogens is 303 g/mol. The van der Waals surface area contributed by atoms with Gasteiger partial charge in [0.25, 0.3) is 0 Å². The number of halogens is 3. The van der Waals surface area contributed by atoms with Crippen LogP contribution in [-0.4, -0.2) is 4.98 Å². The topological polar surface area (TPSA) is 22.1 Å². The fraction of sp³-hybridized carbons (Fsp3) is 0.0556. The summed E-state index contributed by atoms with van der Waals surface area (Å²) in [4.78, 5) is 3.55. The molecule has 0 fully saturated rings. The van der Waals surface area contributed by atoms with Gasteiger partial charge in [0.1, 0.15) is 6.61 Å². The van der Waals surface area contributed by atoms with Crippen LogP contribution in [0.5, 0.6) is 5.75 Å². The minimum Gasteiger partial charge on any atom is -0.486 e. The van der Waals surface area contributed by atoms with Crippen molar-refractivity contribution in [2.75, 3.05) is 0 Å². The zero-order valence-corrected chi connectivity index (χ0v) is 12.0.